The van der Waals surface area contributed by atoms with Crippen LogP contribution in [-0.4, -0.2) is 36.3 Å². The van der Waals surface area contributed by atoms with Crippen molar-refractivity contribution < 1.29 is 13.2 Å². The van der Waals surface area contributed by atoms with Gasteiger partial charge in [0.05, 0.1) is 16.5 Å². The molecule has 0 radical (unpaired) electrons. The summed E-state index contributed by atoms with van der Waals surface area (Å²) in [7, 11) is -1.93. The standard InChI is InChI=1S/C23H25N3O4S/c1-16(17-8-4-3-5-9-17)24-23(28)20-15-25(2)21-11-10-18(14-19(21)22(20)27)31(29,30)26-12-6-7-13-26/h3-5,8-11,14-16H,6-7,12-13H2,1-2H3,(H,24,28)/t16-/m0/s1. The highest BCUT2D eigenvalue weighted by Gasteiger charge is 2.28. The lowest BCUT2D eigenvalue weighted by atomic mass is 10.1. The molecule has 2 aromatic carbocycles. The molecule has 7 nitrogen and oxygen atoms in total. The number of amides is 1. The Morgan fingerprint density at radius 1 is 1.06 bits per heavy atom. The van der Waals surface area contributed by atoms with E-state index in [9.17, 15) is 18.0 Å². The summed E-state index contributed by atoms with van der Waals surface area (Å²) in [6, 6.07) is 13.7. The third-order valence-corrected chi connectivity index (χ3v) is 7.65. The minimum atomic E-state index is -3.66. The number of sulfonamides is 1. The lowest BCUT2D eigenvalue weighted by Gasteiger charge is -2.17. The van der Waals surface area contributed by atoms with Gasteiger partial charge in [0, 0.05) is 31.7 Å². The molecule has 1 atom stereocenters. The van der Waals surface area contributed by atoms with Gasteiger partial charge in [-0.3, -0.25) is 9.59 Å². The van der Waals surface area contributed by atoms with Crippen LogP contribution in [0, 0.1) is 0 Å². The Balaban J connectivity index is 1.73. The number of nitrogens with one attached hydrogen (secondary N) is 1. The van der Waals surface area contributed by atoms with E-state index < -0.39 is 21.4 Å². The summed E-state index contributed by atoms with van der Waals surface area (Å²) >= 11 is 0. The van der Waals surface area contributed by atoms with Crippen molar-refractivity contribution in [3.05, 3.63) is 76.1 Å². The smallest absolute Gasteiger partial charge is 0.257 e. The first-order valence-corrected chi connectivity index (χ1v) is 11.7. The van der Waals surface area contributed by atoms with Crippen LogP contribution in [0.3, 0.4) is 0 Å². The molecule has 1 amide bonds. The molecule has 4 rings (SSSR count). The summed E-state index contributed by atoms with van der Waals surface area (Å²) in [5.41, 5.74) is 0.989. The van der Waals surface area contributed by atoms with Crippen molar-refractivity contribution in [2.24, 2.45) is 7.05 Å². The molecule has 0 unspecified atom stereocenters. The molecule has 1 N–H and O–H groups in total. The Morgan fingerprint density at radius 3 is 2.42 bits per heavy atom. The second-order valence-corrected chi connectivity index (χ2v) is 9.82. The number of nitrogens with zero attached hydrogens (tertiary/aromatic N) is 2. The molecule has 3 aromatic rings. The quantitative estimate of drug-likeness (QED) is 0.662. The van der Waals surface area contributed by atoms with Crippen molar-refractivity contribution in [2.75, 3.05) is 13.1 Å². The number of hydrogen-bond acceptors (Lipinski definition) is 4. The largest absolute Gasteiger partial charge is 0.350 e. The average Bonchev–Trinajstić information content (AvgIpc) is 3.32. The van der Waals surface area contributed by atoms with Crippen LogP contribution in [0.5, 0.6) is 0 Å². The second kappa shape index (κ2) is 8.28. The predicted octanol–water partition coefficient (Wildman–Crippen LogP) is 2.81. The molecule has 0 spiro atoms. The van der Waals surface area contributed by atoms with E-state index in [2.05, 4.69) is 5.32 Å². The van der Waals surface area contributed by atoms with E-state index in [1.807, 2.05) is 37.3 Å². The van der Waals surface area contributed by atoms with Gasteiger partial charge in [0.2, 0.25) is 15.5 Å². The summed E-state index contributed by atoms with van der Waals surface area (Å²) in [5, 5.41) is 3.07. The van der Waals surface area contributed by atoms with Gasteiger partial charge in [-0.1, -0.05) is 30.3 Å². The molecule has 1 aliphatic heterocycles. The van der Waals surface area contributed by atoms with Crippen molar-refractivity contribution in [1.82, 2.24) is 14.2 Å². The summed E-state index contributed by atoms with van der Waals surface area (Å²) in [6.07, 6.45) is 3.16. The van der Waals surface area contributed by atoms with Crippen LogP contribution in [0.15, 0.2) is 64.4 Å². The fraction of sp³-hybridized carbons (Fsp3) is 0.304. The molecule has 1 fully saturated rings. The topological polar surface area (TPSA) is 88.5 Å². The lowest BCUT2D eigenvalue weighted by Crippen LogP contribution is -2.32. The third-order valence-electron chi connectivity index (χ3n) is 5.75. The molecule has 162 valence electrons. The summed E-state index contributed by atoms with van der Waals surface area (Å²) in [6.45, 7) is 2.82. The zero-order valence-corrected chi connectivity index (χ0v) is 18.4. The van der Waals surface area contributed by atoms with Crippen LogP contribution >= 0.6 is 0 Å². The fourth-order valence-electron chi connectivity index (χ4n) is 3.97. The first-order chi connectivity index (χ1) is 14.8. The average molecular weight is 440 g/mol. The van der Waals surface area contributed by atoms with Gasteiger partial charge < -0.3 is 9.88 Å². The monoisotopic (exact) mass is 439 g/mol. The van der Waals surface area contributed by atoms with Crippen molar-refractivity contribution in [2.45, 2.75) is 30.7 Å². The van der Waals surface area contributed by atoms with Crippen LogP contribution in [0.2, 0.25) is 0 Å². The number of aryl methyl sites for hydroxylation is 1. The molecular weight excluding hydrogens is 414 g/mol. The van der Waals surface area contributed by atoms with Gasteiger partial charge in [0.25, 0.3) is 5.91 Å². The van der Waals surface area contributed by atoms with E-state index >= 15 is 0 Å². The van der Waals surface area contributed by atoms with E-state index in [-0.39, 0.29) is 21.9 Å². The molecule has 0 bridgehead atoms. The number of pyridine rings is 1. The summed E-state index contributed by atoms with van der Waals surface area (Å²) in [4.78, 5) is 26.1. The number of aromatic nitrogens is 1. The van der Waals surface area contributed by atoms with Crippen molar-refractivity contribution in [3.63, 3.8) is 0 Å². The molecule has 31 heavy (non-hydrogen) atoms. The molecule has 0 saturated carbocycles. The number of hydrogen-bond donors (Lipinski definition) is 1. The van der Waals surface area contributed by atoms with Gasteiger partial charge in [-0.2, -0.15) is 4.31 Å². The van der Waals surface area contributed by atoms with Crippen LogP contribution < -0.4 is 10.7 Å². The maximum absolute atomic E-state index is 13.2. The Hall–Kier alpha value is -2.97. The highest BCUT2D eigenvalue weighted by molar-refractivity contribution is 7.89. The van der Waals surface area contributed by atoms with Crippen LogP contribution in [0.4, 0.5) is 0 Å². The van der Waals surface area contributed by atoms with Crippen molar-refractivity contribution in [1.29, 1.82) is 0 Å². The highest BCUT2D eigenvalue weighted by Crippen LogP contribution is 2.23. The highest BCUT2D eigenvalue weighted by atomic mass is 32.2. The molecule has 2 heterocycles. The number of rotatable bonds is 5. The third kappa shape index (κ3) is 4.00. The van der Waals surface area contributed by atoms with Gasteiger partial charge >= 0.3 is 0 Å². The van der Waals surface area contributed by atoms with E-state index in [4.69, 9.17) is 0 Å². The van der Waals surface area contributed by atoms with Crippen LogP contribution in [0.1, 0.15) is 41.7 Å². The van der Waals surface area contributed by atoms with Gasteiger partial charge in [0.1, 0.15) is 5.56 Å². The van der Waals surface area contributed by atoms with Gasteiger partial charge in [-0.05, 0) is 43.5 Å². The number of benzene rings is 2. The number of fused-ring (bicyclic) bond motifs is 1. The van der Waals surface area contributed by atoms with Gasteiger partial charge in [0.15, 0.2) is 0 Å². The van der Waals surface area contributed by atoms with E-state index in [0.29, 0.717) is 18.6 Å². The maximum atomic E-state index is 13.2. The number of carbonyl (C=O) groups is 1. The van der Waals surface area contributed by atoms with Crippen molar-refractivity contribution in [3.8, 4) is 0 Å². The van der Waals surface area contributed by atoms with E-state index in [1.54, 1.807) is 17.7 Å². The minimum Gasteiger partial charge on any atom is -0.350 e. The molecule has 1 aliphatic rings. The second-order valence-electron chi connectivity index (χ2n) is 7.88. The van der Waals surface area contributed by atoms with Crippen molar-refractivity contribution >= 4 is 26.8 Å². The van der Waals surface area contributed by atoms with Gasteiger partial charge in [-0.15, -0.1) is 0 Å². The lowest BCUT2D eigenvalue weighted by molar-refractivity contribution is 0.0938. The summed E-state index contributed by atoms with van der Waals surface area (Å²) in [5.74, 6) is -0.494. The first-order valence-electron chi connectivity index (χ1n) is 10.3. The maximum Gasteiger partial charge on any atom is 0.257 e. The normalized spacial score (nSPS) is 15.8. The Bertz CT molecular complexity index is 1290. The van der Waals surface area contributed by atoms with Gasteiger partial charge in [-0.25, -0.2) is 8.42 Å². The molecule has 0 aliphatic carbocycles. The zero-order chi connectivity index (χ0) is 22.2. The van der Waals surface area contributed by atoms with Crippen LogP contribution in [-0.2, 0) is 17.1 Å². The number of carbonyl (C=O) groups excluding carboxylic acids is 1. The minimum absolute atomic E-state index is 0.0199. The fourth-order valence-corrected chi connectivity index (χ4v) is 5.51. The van der Waals surface area contributed by atoms with Crippen LogP contribution in [0.25, 0.3) is 10.9 Å². The van der Waals surface area contributed by atoms with E-state index in [0.717, 1.165) is 18.4 Å². The molecule has 1 aromatic heterocycles. The molecule has 1 saturated heterocycles. The SMILES string of the molecule is C[C@H](NC(=O)c1cn(C)c2ccc(S(=O)(=O)N3CCCC3)cc2c1=O)c1ccccc1. The van der Waals surface area contributed by atoms with E-state index in [1.165, 1.54) is 22.6 Å². The first kappa shape index (κ1) is 21.3. The Labute approximate surface area is 181 Å². The molecule has 8 heteroatoms. The Morgan fingerprint density at radius 2 is 1.74 bits per heavy atom. The predicted molar refractivity (Wildman–Crippen MR) is 120 cm³/mol. The molecular formula is C23H25N3O4S. The Kier molecular flexibility index (Phi) is 5.68. The summed E-state index contributed by atoms with van der Waals surface area (Å²) < 4.78 is 29.0. The zero-order valence-electron chi connectivity index (χ0n) is 17.5.